The number of ether oxygens (including phenoxy) is 1. The molecule has 4 nitrogen and oxygen atoms in total. The van der Waals surface area contributed by atoms with Crippen LogP contribution in [0.15, 0.2) is 47.4 Å². The Balaban J connectivity index is 2.63. The number of hydrogen-bond acceptors (Lipinski definition) is 3. The molecule has 1 amide bonds. The molecular weight excluding hydrogens is 323 g/mol. The van der Waals surface area contributed by atoms with E-state index in [0.29, 0.717) is 17.7 Å². The molecule has 1 aromatic carbocycles. The third-order valence-corrected chi connectivity index (χ3v) is 3.28. The lowest BCUT2D eigenvalue weighted by atomic mass is 10.1. The van der Waals surface area contributed by atoms with Crippen molar-refractivity contribution in [3.05, 3.63) is 58.6 Å². The molecule has 0 spiro atoms. The number of carbonyl (C=O) groups is 1. The highest BCUT2D eigenvalue weighted by Gasteiger charge is 2.29. The maximum Gasteiger partial charge on any atom is 0.416 e. The molecule has 2 N–H and O–H groups in total. The second kappa shape index (κ2) is 8.42. The van der Waals surface area contributed by atoms with Crippen molar-refractivity contribution in [3.8, 4) is 0 Å². The van der Waals surface area contributed by atoms with Crippen LogP contribution in [-0.2, 0) is 22.1 Å². The molecule has 1 rings (SSSR count). The van der Waals surface area contributed by atoms with Crippen molar-refractivity contribution in [1.82, 2.24) is 5.32 Å². The molecule has 0 aliphatic heterocycles. The molecule has 1 aromatic rings. The van der Waals surface area contributed by atoms with E-state index in [0.717, 1.165) is 12.1 Å². The number of methoxy groups -OCH3 is 1. The number of amides is 1. The molecule has 132 valence electrons. The van der Waals surface area contributed by atoms with Crippen molar-refractivity contribution in [1.29, 1.82) is 0 Å². The van der Waals surface area contributed by atoms with Crippen LogP contribution in [0.25, 0.3) is 0 Å². The highest BCUT2D eigenvalue weighted by Crippen LogP contribution is 2.29. The van der Waals surface area contributed by atoms with Gasteiger partial charge in [0.05, 0.1) is 24.0 Å². The Morgan fingerprint density at radius 3 is 2.29 bits per heavy atom. The van der Waals surface area contributed by atoms with Gasteiger partial charge in [-0.25, -0.2) is 0 Å². The third-order valence-electron chi connectivity index (χ3n) is 3.28. The van der Waals surface area contributed by atoms with Gasteiger partial charge in [0.15, 0.2) is 0 Å². The maximum atomic E-state index is 12.5. The lowest BCUT2D eigenvalue weighted by Crippen LogP contribution is -2.27. The van der Waals surface area contributed by atoms with Gasteiger partial charge >= 0.3 is 6.18 Å². The van der Waals surface area contributed by atoms with Crippen LogP contribution in [0.3, 0.4) is 0 Å². The average Bonchev–Trinajstić information content (AvgIpc) is 2.51. The highest BCUT2D eigenvalue weighted by molar-refractivity contribution is 5.96. The molecule has 0 aromatic heterocycles. The smallest absolute Gasteiger partial charge is 0.416 e. The zero-order chi connectivity index (χ0) is 18.3. The molecule has 0 aliphatic carbocycles. The van der Waals surface area contributed by atoms with E-state index in [1.807, 2.05) is 0 Å². The number of aliphatic hydroxyl groups is 1. The number of benzene rings is 1. The number of allylic oxidation sites excluding steroid dienone is 2. The van der Waals surface area contributed by atoms with Crippen molar-refractivity contribution in [3.63, 3.8) is 0 Å². The van der Waals surface area contributed by atoms with Gasteiger partial charge in [0.25, 0.3) is 5.91 Å². The van der Waals surface area contributed by atoms with Crippen molar-refractivity contribution in [2.24, 2.45) is 0 Å². The average molecular weight is 343 g/mol. The Kier molecular flexibility index (Phi) is 6.88. The molecule has 0 saturated heterocycles. The van der Waals surface area contributed by atoms with Gasteiger partial charge in [-0.05, 0) is 44.0 Å². The fourth-order valence-electron chi connectivity index (χ4n) is 1.87. The SMILES string of the molecule is CO/C(C)=C/C(C(=O)NCCc1ccc(C(F)(F)F)cc1)=C(/C)O. The molecule has 0 heterocycles. The van der Waals surface area contributed by atoms with Gasteiger partial charge in [-0.15, -0.1) is 0 Å². The molecule has 0 unspecified atom stereocenters. The number of aliphatic hydroxyl groups excluding tert-OH is 1. The minimum Gasteiger partial charge on any atom is -0.512 e. The number of carbonyl (C=O) groups excluding carboxylic acids is 1. The number of halogens is 3. The van der Waals surface area contributed by atoms with Crippen LogP contribution in [0.4, 0.5) is 13.2 Å². The summed E-state index contributed by atoms with van der Waals surface area (Å²) in [5.41, 5.74) is 0.0246. The summed E-state index contributed by atoms with van der Waals surface area (Å²) >= 11 is 0. The lowest BCUT2D eigenvalue weighted by Gasteiger charge is -2.09. The molecule has 0 radical (unpaired) electrons. The predicted octanol–water partition coefficient (Wildman–Crippen LogP) is 3.75. The van der Waals surface area contributed by atoms with Gasteiger partial charge in [-0.1, -0.05) is 12.1 Å². The first kappa shape index (κ1) is 19.6. The van der Waals surface area contributed by atoms with E-state index in [9.17, 15) is 23.1 Å². The van der Waals surface area contributed by atoms with E-state index < -0.39 is 17.6 Å². The van der Waals surface area contributed by atoms with Crippen molar-refractivity contribution in [2.75, 3.05) is 13.7 Å². The van der Waals surface area contributed by atoms with Crippen molar-refractivity contribution < 1.29 is 27.8 Å². The van der Waals surface area contributed by atoms with Crippen LogP contribution in [0.2, 0.25) is 0 Å². The minimum absolute atomic E-state index is 0.0711. The van der Waals surface area contributed by atoms with E-state index in [2.05, 4.69) is 5.32 Å². The van der Waals surface area contributed by atoms with Crippen molar-refractivity contribution in [2.45, 2.75) is 26.4 Å². The number of alkyl halides is 3. The lowest BCUT2D eigenvalue weighted by molar-refractivity contribution is -0.137. The second-order valence-electron chi connectivity index (χ2n) is 5.16. The largest absolute Gasteiger partial charge is 0.512 e. The van der Waals surface area contributed by atoms with Crippen LogP contribution >= 0.6 is 0 Å². The van der Waals surface area contributed by atoms with E-state index in [4.69, 9.17) is 4.74 Å². The van der Waals surface area contributed by atoms with Crippen molar-refractivity contribution >= 4 is 5.91 Å². The summed E-state index contributed by atoms with van der Waals surface area (Å²) in [5.74, 6) is -0.187. The van der Waals surface area contributed by atoms with E-state index in [1.165, 1.54) is 32.2 Å². The third kappa shape index (κ3) is 5.98. The Morgan fingerprint density at radius 1 is 1.25 bits per heavy atom. The summed E-state index contributed by atoms with van der Waals surface area (Å²) in [7, 11) is 1.44. The first-order chi connectivity index (χ1) is 11.1. The summed E-state index contributed by atoms with van der Waals surface area (Å²) < 4.78 is 42.4. The normalized spacial score (nSPS) is 13.3. The molecule has 0 saturated carbocycles. The number of rotatable bonds is 6. The van der Waals surface area contributed by atoms with Crippen LogP contribution in [-0.4, -0.2) is 24.7 Å². The van der Waals surface area contributed by atoms with Crippen LogP contribution in [0, 0.1) is 0 Å². The van der Waals surface area contributed by atoms with E-state index in [-0.39, 0.29) is 17.9 Å². The Labute approximate surface area is 138 Å². The van der Waals surface area contributed by atoms with E-state index in [1.54, 1.807) is 6.92 Å². The zero-order valence-electron chi connectivity index (χ0n) is 13.7. The number of nitrogens with one attached hydrogen (secondary N) is 1. The fraction of sp³-hybridized carbons (Fsp3) is 0.353. The number of hydrogen-bond donors (Lipinski definition) is 2. The molecule has 0 fully saturated rings. The minimum atomic E-state index is -4.36. The summed E-state index contributed by atoms with van der Waals surface area (Å²) in [5, 5.41) is 12.2. The topological polar surface area (TPSA) is 58.6 Å². The van der Waals surface area contributed by atoms with Gasteiger partial charge in [-0.2, -0.15) is 13.2 Å². The standard InChI is InChI=1S/C17H20F3NO3/c1-11(24-3)10-15(12(2)22)16(23)21-9-8-13-4-6-14(7-5-13)17(18,19)20/h4-7,10,22H,8-9H2,1-3H3,(H,21,23)/b11-10+,15-12+. The van der Waals surface area contributed by atoms with Gasteiger partial charge in [0.1, 0.15) is 5.76 Å². The second-order valence-corrected chi connectivity index (χ2v) is 5.16. The molecule has 0 aliphatic rings. The fourth-order valence-corrected chi connectivity index (χ4v) is 1.87. The quantitative estimate of drug-likeness (QED) is 0.470. The Morgan fingerprint density at radius 2 is 1.83 bits per heavy atom. The first-order valence-corrected chi connectivity index (χ1v) is 7.21. The van der Waals surface area contributed by atoms with Crippen LogP contribution in [0.1, 0.15) is 25.0 Å². The van der Waals surface area contributed by atoms with Gasteiger partial charge in [0, 0.05) is 6.54 Å². The van der Waals surface area contributed by atoms with Gasteiger partial charge in [-0.3, -0.25) is 4.79 Å². The molecule has 0 bridgehead atoms. The Bertz CT molecular complexity index is 627. The molecule has 7 heteroatoms. The van der Waals surface area contributed by atoms with Crippen LogP contribution in [0.5, 0.6) is 0 Å². The highest BCUT2D eigenvalue weighted by atomic mass is 19.4. The molecule has 24 heavy (non-hydrogen) atoms. The monoisotopic (exact) mass is 343 g/mol. The summed E-state index contributed by atoms with van der Waals surface area (Å²) in [6.45, 7) is 3.24. The first-order valence-electron chi connectivity index (χ1n) is 7.21. The van der Waals surface area contributed by atoms with Gasteiger partial charge in [0.2, 0.25) is 0 Å². The Hall–Kier alpha value is -2.44. The predicted molar refractivity (Wildman–Crippen MR) is 84.3 cm³/mol. The summed E-state index contributed by atoms with van der Waals surface area (Å²) in [4.78, 5) is 12.0. The summed E-state index contributed by atoms with van der Waals surface area (Å²) in [6, 6.07) is 4.76. The maximum absolute atomic E-state index is 12.5. The van der Waals surface area contributed by atoms with Crippen LogP contribution < -0.4 is 5.32 Å². The van der Waals surface area contributed by atoms with Gasteiger partial charge < -0.3 is 15.2 Å². The molecular formula is C17H20F3NO3. The molecule has 0 atom stereocenters. The summed E-state index contributed by atoms with van der Waals surface area (Å²) in [6.07, 6.45) is -2.59. The van der Waals surface area contributed by atoms with E-state index >= 15 is 0 Å². The zero-order valence-corrected chi connectivity index (χ0v) is 13.7.